The van der Waals surface area contributed by atoms with Crippen molar-refractivity contribution in [2.45, 2.75) is 13.8 Å². The lowest BCUT2D eigenvalue weighted by atomic mass is 9.91. The molecule has 1 aromatic rings. The molecule has 0 amide bonds. The summed E-state index contributed by atoms with van der Waals surface area (Å²) in [5.41, 5.74) is 1.02. The van der Waals surface area contributed by atoms with E-state index in [1.165, 1.54) is 0 Å². The van der Waals surface area contributed by atoms with Gasteiger partial charge in [0.1, 0.15) is 0 Å². The van der Waals surface area contributed by atoms with E-state index in [9.17, 15) is 14.1 Å². The van der Waals surface area contributed by atoms with Crippen LogP contribution in [-0.4, -0.2) is 23.5 Å². The summed E-state index contributed by atoms with van der Waals surface area (Å²) in [6, 6.07) is 5.15. The number of rotatable bonds is 6. The van der Waals surface area contributed by atoms with Crippen LogP contribution < -0.4 is 0 Å². The molecule has 1 aromatic heterocycles. The van der Waals surface area contributed by atoms with Gasteiger partial charge in [-0.25, -0.2) is 4.79 Å². The van der Waals surface area contributed by atoms with E-state index in [2.05, 4.69) is 16.5 Å². The van der Waals surface area contributed by atoms with Gasteiger partial charge >= 0.3 is 11.9 Å². The Morgan fingerprint density at radius 1 is 1.43 bits per heavy atom. The van der Waals surface area contributed by atoms with Gasteiger partial charge in [-0.1, -0.05) is 18.7 Å². The highest BCUT2D eigenvalue weighted by molar-refractivity contribution is 6.02. The smallest absolute Gasteiger partial charge is 0.367 e. The molecule has 1 heterocycles. The minimum absolute atomic E-state index is 0.0525. The van der Waals surface area contributed by atoms with Crippen LogP contribution in [0.4, 0.5) is 4.53 Å². The molecule has 0 radical (unpaired) electrons. The van der Waals surface area contributed by atoms with E-state index >= 15 is 0 Å². The molecule has 0 bridgehead atoms. The predicted molar refractivity (Wildman–Crippen MR) is 74.4 cm³/mol. The Morgan fingerprint density at radius 3 is 2.62 bits per heavy atom. The number of pyridine rings is 1. The summed E-state index contributed by atoms with van der Waals surface area (Å²) in [5.74, 6) is -3.85. The van der Waals surface area contributed by atoms with Crippen molar-refractivity contribution in [3.63, 3.8) is 0 Å². The minimum atomic E-state index is -1.57. The van der Waals surface area contributed by atoms with Gasteiger partial charge in [0.2, 0.25) is 0 Å². The molecule has 0 saturated carbocycles. The van der Waals surface area contributed by atoms with Crippen LogP contribution in [-0.2, 0) is 19.3 Å². The van der Waals surface area contributed by atoms with E-state index in [4.69, 9.17) is 4.74 Å². The number of hydrogen-bond acceptors (Lipinski definition) is 5. The van der Waals surface area contributed by atoms with Crippen molar-refractivity contribution in [3.05, 3.63) is 48.3 Å². The van der Waals surface area contributed by atoms with Crippen molar-refractivity contribution in [2.24, 2.45) is 5.92 Å². The third-order valence-corrected chi connectivity index (χ3v) is 2.76. The number of nitrogens with zero attached hydrogens (tertiary/aromatic N) is 1. The van der Waals surface area contributed by atoms with Gasteiger partial charge in [0.25, 0.3) is 0 Å². The molecule has 0 saturated heterocycles. The van der Waals surface area contributed by atoms with Crippen LogP contribution in [0.3, 0.4) is 0 Å². The van der Waals surface area contributed by atoms with Crippen molar-refractivity contribution < 1.29 is 23.8 Å². The zero-order chi connectivity index (χ0) is 15.8. The average molecular weight is 293 g/mol. The molecule has 0 spiro atoms. The van der Waals surface area contributed by atoms with Crippen molar-refractivity contribution in [1.29, 1.82) is 0 Å². The van der Waals surface area contributed by atoms with Crippen LogP contribution in [0, 0.1) is 5.92 Å². The Morgan fingerprint density at radius 2 is 2.14 bits per heavy atom. The molecule has 6 heteroatoms. The molecule has 1 atom stereocenters. The number of hydrogen-bond donors (Lipinski definition) is 0. The van der Waals surface area contributed by atoms with E-state index in [0.29, 0.717) is 11.3 Å². The first-order valence-electron chi connectivity index (χ1n) is 6.32. The fourth-order valence-electron chi connectivity index (χ4n) is 1.83. The molecule has 0 N–H and O–H groups in total. The SMILES string of the molecule is C=C(/C(=C/C)c1ccccn1)C(C(=O)OF)C(=O)OCC. The lowest BCUT2D eigenvalue weighted by Crippen LogP contribution is -2.28. The maximum Gasteiger partial charge on any atom is 0.367 e. The third kappa shape index (κ3) is 3.98. The van der Waals surface area contributed by atoms with Crippen LogP contribution in [0.2, 0.25) is 0 Å². The Kier molecular flexibility index (Phi) is 6.26. The fraction of sp³-hybridized carbons (Fsp3) is 0.267. The van der Waals surface area contributed by atoms with Crippen molar-refractivity contribution in [1.82, 2.24) is 4.98 Å². The number of allylic oxidation sites excluding steroid dienone is 2. The largest absolute Gasteiger partial charge is 0.465 e. The second kappa shape index (κ2) is 7.94. The summed E-state index contributed by atoms with van der Waals surface area (Å²) in [5, 5.41) is 0. The Balaban J connectivity index is 3.15. The van der Waals surface area contributed by atoms with Crippen LogP contribution in [0.25, 0.3) is 5.57 Å². The molecule has 1 unspecified atom stereocenters. The fourth-order valence-corrected chi connectivity index (χ4v) is 1.83. The van der Waals surface area contributed by atoms with Crippen LogP contribution in [0.15, 0.2) is 42.6 Å². The van der Waals surface area contributed by atoms with Gasteiger partial charge in [-0.05, 0) is 37.1 Å². The van der Waals surface area contributed by atoms with E-state index in [-0.39, 0.29) is 12.2 Å². The van der Waals surface area contributed by atoms with Crippen LogP contribution >= 0.6 is 0 Å². The minimum Gasteiger partial charge on any atom is -0.465 e. The molecular formula is C15H16FNO4. The normalized spacial score (nSPS) is 12.4. The quantitative estimate of drug-likeness (QED) is 0.458. The first kappa shape index (κ1) is 16.6. The van der Waals surface area contributed by atoms with Crippen LogP contribution in [0.1, 0.15) is 19.5 Å². The molecular weight excluding hydrogens is 277 g/mol. The molecule has 0 fully saturated rings. The van der Waals surface area contributed by atoms with E-state index in [1.54, 1.807) is 44.3 Å². The van der Waals surface area contributed by atoms with Crippen molar-refractivity contribution >= 4 is 17.5 Å². The summed E-state index contributed by atoms with van der Waals surface area (Å²) < 4.78 is 17.0. The summed E-state index contributed by atoms with van der Waals surface area (Å²) in [6.07, 6.45) is 3.18. The lowest BCUT2D eigenvalue weighted by Gasteiger charge is -2.16. The molecule has 0 aliphatic carbocycles. The molecule has 0 aromatic carbocycles. The molecule has 5 nitrogen and oxygen atoms in total. The number of aromatic nitrogens is 1. The predicted octanol–water partition coefficient (Wildman–Crippen LogP) is 2.65. The highest BCUT2D eigenvalue weighted by Gasteiger charge is 2.35. The second-order valence-electron chi connectivity index (χ2n) is 4.02. The summed E-state index contributed by atoms with van der Waals surface area (Å²) in [7, 11) is 0. The van der Waals surface area contributed by atoms with Gasteiger partial charge in [0, 0.05) is 10.7 Å². The Bertz CT molecular complexity index is 554. The molecule has 0 aliphatic rings. The van der Waals surface area contributed by atoms with Crippen LogP contribution in [0.5, 0.6) is 0 Å². The number of halogens is 1. The maximum atomic E-state index is 12.2. The van der Waals surface area contributed by atoms with Crippen molar-refractivity contribution in [2.75, 3.05) is 6.61 Å². The van der Waals surface area contributed by atoms with Gasteiger partial charge < -0.3 is 4.74 Å². The van der Waals surface area contributed by atoms with Gasteiger partial charge in [-0.3, -0.25) is 14.7 Å². The topological polar surface area (TPSA) is 65.5 Å². The number of esters is 1. The summed E-state index contributed by atoms with van der Waals surface area (Å²) in [4.78, 5) is 30.7. The third-order valence-electron chi connectivity index (χ3n) is 2.76. The maximum absolute atomic E-state index is 12.2. The van der Waals surface area contributed by atoms with E-state index < -0.39 is 17.9 Å². The molecule has 112 valence electrons. The monoisotopic (exact) mass is 293 g/mol. The first-order chi connectivity index (χ1) is 10.1. The highest BCUT2D eigenvalue weighted by atomic mass is 19.3. The molecule has 0 aliphatic heterocycles. The Hall–Kier alpha value is -2.50. The molecule has 1 rings (SSSR count). The van der Waals surface area contributed by atoms with Gasteiger partial charge in [0.15, 0.2) is 5.92 Å². The van der Waals surface area contributed by atoms with E-state index in [1.807, 2.05) is 0 Å². The van der Waals surface area contributed by atoms with Crippen molar-refractivity contribution in [3.8, 4) is 0 Å². The highest BCUT2D eigenvalue weighted by Crippen LogP contribution is 2.28. The number of carbonyl (C=O) groups is 2. The Labute approximate surface area is 122 Å². The molecule has 21 heavy (non-hydrogen) atoms. The zero-order valence-electron chi connectivity index (χ0n) is 11.8. The number of carbonyl (C=O) groups excluding carboxylic acids is 2. The second-order valence-corrected chi connectivity index (χ2v) is 4.02. The standard InChI is InChI=1S/C15H16FNO4/c1-4-11(12-8-6-7-9-17-12)10(3)13(15(19)21-16)14(18)20-5-2/h4,6-9,13H,3,5H2,1-2H3/b11-4-. The number of ether oxygens (including phenoxy) is 1. The van der Waals surface area contributed by atoms with Gasteiger partial charge in [0.05, 0.1) is 12.3 Å². The lowest BCUT2D eigenvalue weighted by molar-refractivity contribution is -0.190. The first-order valence-corrected chi connectivity index (χ1v) is 6.32. The van der Waals surface area contributed by atoms with Gasteiger partial charge in [-0.15, -0.1) is 0 Å². The zero-order valence-corrected chi connectivity index (χ0v) is 11.8. The average Bonchev–Trinajstić information content (AvgIpc) is 2.49. The van der Waals surface area contributed by atoms with E-state index in [0.717, 1.165) is 0 Å². The van der Waals surface area contributed by atoms with Gasteiger partial charge in [-0.2, -0.15) is 0 Å². The summed E-state index contributed by atoms with van der Waals surface area (Å²) in [6.45, 7) is 7.02. The summed E-state index contributed by atoms with van der Waals surface area (Å²) >= 11 is 0.